The van der Waals surface area contributed by atoms with Gasteiger partial charge in [-0.3, -0.25) is 19.2 Å². The average molecular weight is 799 g/mol. The van der Waals surface area contributed by atoms with Crippen LogP contribution in [0.5, 0.6) is 0 Å². The molecule has 3 aliphatic heterocycles. The predicted octanol–water partition coefficient (Wildman–Crippen LogP) is 6.11. The third kappa shape index (κ3) is 7.34. The van der Waals surface area contributed by atoms with Crippen molar-refractivity contribution in [2.45, 2.75) is 87.2 Å². The van der Waals surface area contributed by atoms with E-state index in [1.165, 1.54) is 9.80 Å². The normalized spacial score (nSPS) is 26.4. The summed E-state index contributed by atoms with van der Waals surface area (Å²) in [7, 11) is 1.68. The Morgan fingerprint density at radius 2 is 1.79 bits per heavy atom. The molecule has 52 heavy (non-hydrogen) atoms. The summed E-state index contributed by atoms with van der Waals surface area (Å²) in [5.41, 5.74) is -0.283. The van der Waals surface area contributed by atoms with E-state index >= 15 is 4.79 Å². The second-order valence-corrected chi connectivity index (χ2v) is 16.0. The summed E-state index contributed by atoms with van der Waals surface area (Å²) in [6.07, 6.45) is 3.08. The number of fused-ring (bicyclic) bond motifs is 1. The molecule has 0 saturated carbocycles. The third-order valence-electron chi connectivity index (χ3n) is 10.7. The van der Waals surface area contributed by atoms with Crippen molar-refractivity contribution in [1.29, 1.82) is 0 Å². The highest BCUT2D eigenvalue weighted by molar-refractivity contribution is 9.09. The Hall–Kier alpha value is -3.51. The molecule has 3 amide bonds. The number of amides is 3. The highest BCUT2D eigenvalue weighted by atomic mass is 79.9. The summed E-state index contributed by atoms with van der Waals surface area (Å²) >= 11 is 10.4. The number of alkyl halides is 1. The molecule has 1 N–H and O–H groups in total. The van der Waals surface area contributed by atoms with Gasteiger partial charge in [0.25, 0.3) is 5.91 Å². The zero-order valence-electron chi connectivity index (χ0n) is 30.2. The molecule has 0 radical (unpaired) electrons. The zero-order chi connectivity index (χ0) is 37.9. The number of anilines is 1. The van der Waals surface area contributed by atoms with Gasteiger partial charge in [0.05, 0.1) is 47.3 Å². The van der Waals surface area contributed by atoms with Crippen LogP contribution in [0.15, 0.2) is 79.9 Å². The van der Waals surface area contributed by atoms with Crippen LogP contribution in [0.1, 0.15) is 58.1 Å². The number of rotatable bonds is 16. The maximum atomic E-state index is 15.0. The number of hydrogen-bond donors (Lipinski definition) is 1. The summed E-state index contributed by atoms with van der Waals surface area (Å²) < 4.78 is 13.1. The van der Waals surface area contributed by atoms with E-state index in [0.29, 0.717) is 29.1 Å². The zero-order valence-corrected chi connectivity index (χ0v) is 32.5. The van der Waals surface area contributed by atoms with Crippen LogP contribution in [-0.2, 0) is 28.7 Å². The molecule has 2 bridgehead atoms. The van der Waals surface area contributed by atoms with Gasteiger partial charge in [-0.1, -0.05) is 96.0 Å². The van der Waals surface area contributed by atoms with Crippen LogP contribution >= 0.6 is 27.5 Å². The monoisotopic (exact) mass is 797 g/mol. The summed E-state index contributed by atoms with van der Waals surface area (Å²) in [6.45, 7) is 13.1. The maximum Gasteiger partial charge on any atom is 0.313 e. The van der Waals surface area contributed by atoms with Gasteiger partial charge in [0.2, 0.25) is 11.8 Å². The number of carbonyl (C=O) groups is 4. The largest absolute Gasteiger partial charge is 0.455 e. The number of carbonyl (C=O) groups excluding carboxylic acids is 4. The van der Waals surface area contributed by atoms with Gasteiger partial charge in [-0.05, 0) is 49.8 Å². The number of likely N-dealkylation sites (N-methyl/N-ethyl adjacent to an activating group) is 1. The smallest absolute Gasteiger partial charge is 0.313 e. The van der Waals surface area contributed by atoms with Gasteiger partial charge in [0.1, 0.15) is 17.7 Å². The molecule has 1 spiro atoms. The summed E-state index contributed by atoms with van der Waals surface area (Å²) in [5, 5.41) is 11.1. The average Bonchev–Trinajstić information content (AvgIpc) is 3.73. The summed E-state index contributed by atoms with van der Waals surface area (Å²) in [5.74, 6) is -3.74. The minimum Gasteiger partial charge on any atom is -0.455 e. The topological polar surface area (TPSA) is 117 Å². The van der Waals surface area contributed by atoms with Crippen molar-refractivity contribution in [3.05, 3.63) is 90.5 Å². The lowest BCUT2D eigenvalue weighted by molar-refractivity contribution is -0.165. The van der Waals surface area contributed by atoms with Crippen molar-refractivity contribution in [2.75, 3.05) is 25.1 Å². The third-order valence-corrected chi connectivity index (χ3v) is 11.8. The van der Waals surface area contributed by atoms with Crippen LogP contribution in [-0.4, -0.2) is 93.5 Å². The molecule has 0 aliphatic carbocycles. The Balaban J connectivity index is 1.57. The second kappa shape index (κ2) is 16.7. The standard InChI is InChI=1S/C40H49BrClN3O7/c1-7-9-19-31(47)43(6)25(5)34(26-15-11-10-12-16-26)51-39(50)32-33-37(48)45(27(23-46)21-24(3)4)36(40(33)22-28(41)35(32)52-40)38(49)44(20-8-2)30-18-14-13-17-29(30)42/h7-8,10-18,24-25,27-28,32-36,46H,1-2,9,19-23H2,3-6H3/t25-,27+,28?,32-,33+,34+,35-,36-,40+/m0/s1. The van der Waals surface area contributed by atoms with Crippen molar-refractivity contribution < 1.29 is 33.8 Å². The number of hydrogen-bond acceptors (Lipinski definition) is 7. The highest BCUT2D eigenvalue weighted by Gasteiger charge is 2.77. The van der Waals surface area contributed by atoms with Gasteiger partial charge in [-0.2, -0.15) is 0 Å². The Labute approximate surface area is 319 Å². The molecule has 3 aliphatic rings. The fourth-order valence-corrected chi connectivity index (χ4v) is 9.39. The number of benzene rings is 2. The highest BCUT2D eigenvalue weighted by Crippen LogP contribution is 2.61. The maximum absolute atomic E-state index is 15.0. The van der Waals surface area contributed by atoms with Crippen LogP contribution in [0.25, 0.3) is 0 Å². The fraction of sp³-hybridized carbons (Fsp3) is 0.500. The van der Waals surface area contributed by atoms with Gasteiger partial charge in [-0.15, -0.1) is 13.2 Å². The predicted molar refractivity (Wildman–Crippen MR) is 204 cm³/mol. The van der Waals surface area contributed by atoms with Crippen molar-refractivity contribution in [3.63, 3.8) is 0 Å². The molecular formula is C40H49BrClN3O7. The van der Waals surface area contributed by atoms with E-state index < -0.39 is 65.6 Å². The molecule has 5 rings (SSSR count). The SMILES string of the molecule is C=CCCC(=O)N(C)[C@@H](C)[C@@H](OC(=O)[C@@H]1[C@H]2O[C@@]3(CC2Br)[C@H](C(=O)N(CC=C)c2ccccc2Cl)N([C@@H](CO)CC(C)C)C(=O)[C@@H]13)c1ccccc1. The number of likely N-dealkylation sites (tertiary alicyclic amines) is 1. The molecule has 12 heteroatoms. The minimum atomic E-state index is -1.41. The number of halogens is 2. The van der Waals surface area contributed by atoms with E-state index in [-0.39, 0.29) is 42.6 Å². The van der Waals surface area contributed by atoms with Crippen LogP contribution in [0.3, 0.4) is 0 Å². The van der Waals surface area contributed by atoms with Crippen molar-refractivity contribution in [3.8, 4) is 0 Å². The van der Waals surface area contributed by atoms with E-state index in [0.717, 1.165) is 0 Å². The first-order chi connectivity index (χ1) is 24.8. The van der Waals surface area contributed by atoms with E-state index in [2.05, 4.69) is 29.1 Å². The Kier molecular flexibility index (Phi) is 12.7. The number of aliphatic hydroxyl groups is 1. The molecule has 2 aromatic rings. The van der Waals surface area contributed by atoms with E-state index in [9.17, 15) is 19.5 Å². The van der Waals surface area contributed by atoms with Crippen molar-refractivity contribution in [2.24, 2.45) is 17.8 Å². The Morgan fingerprint density at radius 3 is 2.40 bits per heavy atom. The van der Waals surface area contributed by atoms with Crippen LogP contribution in [0.2, 0.25) is 5.02 Å². The molecule has 3 fully saturated rings. The lowest BCUT2D eigenvalue weighted by atomic mass is 9.70. The molecule has 3 saturated heterocycles. The molecule has 280 valence electrons. The first-order valence-electron chi connectivity index (χ1n) is 17.9. The quantitative estimate of drug-likeness (QED) is 0.124. The number of aliphatic hydroxyl groups excluding tert-OH is 1. The van der Waals surface area contributed by atoms with Crippen LogP contribution in [0, 0.1) is 17.8 Å². The number of para-hydroxylation sites is 1. The molecule has 2 aromatic carbocycles. The number of esters is 1. The fourth-order valence-electron chi connectivity index (χ4n) is 8.21. The molecule has 9 atom stereocenters. The summed E-state index contributed by atoms with van der Waals surface area (Å²) in [4.78, 5) is 61.8. The van der Waals surface area contributed by atoms with Crippen LogP contribution < -0.4 is 4.90 Å². The molecule has 0 aromatic heterocycles. The van der Waals surface area contributed by atoms with Gasteiger partial charge in [0.15, 0.2) is 0 Å². The van der Waals surface area contributed by atoms with Crippen molar-refractivity contribution >= 4 is 56.9 Å². The first kappa shape index (κ1) is 39.7. The van der Waals surface area contributed by atoms with E-state index in [4.69, 9.17) is 21.1 Å². The molecule has 10 nitrogen and oxygen atoms in total. The second-order valence-electron chi connectivity index (χ2n) is 14.4. The van der Waals surface area contributed by atoms with Gasteiger partial charge >= 0.3 is 5.97 Å². The molecular weight excluding hydrogens is 750 g/mol. The number of ether oxygens (including phenoxy) is 2. The van der Waals surface area contributed by atoms with Crippen LogP contribution in [0.4, 0.5) is 5.69 Å². The van der Waals surface area contributed by atoms with Gasteiger partial charge < -0.3 is 29.3 Å². The van der Waals surface area contributed by atoms with E-state index in [1.807, 2.05) is 51.1 Å². The lowest BCUT2D eigenvalue weighted by Crippen LogP contribution is -2.59. The number of nitrogens with zero attached hydrogens (tertiary/aromatic N) is 3. The summed E-state index contributed by atoms with van der Waals surface area (Å²) in [6, 6.07) is 13.7. The number of allylic oxidation sites excluding steroid dienone is 1. The van der Waals surface area contributed by atoms with E-state index in [1.54, 1.807) is 48.4 Å². The Morgan fingerprint density at radius 1 is 1.12 bits per heavy atom. The lowest BCUT2D eigenvalue weighted by Gasteiger charge is -2.40. The molecule has 1 unspecified atom stereocenters. The first-order valence-corrected chi connectivity index (χ1v) is 19.2. The Bertz CT molecular complexity index is 1660. The minimum absolute atomic E-state index is 0.0766. The molecule has 3 heterocycles. The van der Waals surface area contributed by atoms with Crippen molar-refractivity contribution in [1.82, 2.24) is 9.80 Å². The van der Waals surface area contributed by atoms with Gasteiger partial charge in [-0.25, -0.2) is 0 Å². The van der Waals surface area contributed by atoms with Gasteiger partial charge in [0, 0.05) is 24.8 Å².